The highest BCUT2D eigenvalue weighted by atomic mass is 15.3. The van der Waals surface area contributed by atoms with E-state index in [1.807, 2.05) is 11.7 Å². The third kappa shape index (κ3) is 2.98. The third-order valence-corrected chi connectivity index (χ3v) is 3.93. The minimum atomic E-state index is 0.231. The number of anilines is 2. The van der Waals surface area contributed by atoms with Crippen molar-refractivity contribution < 1.29 is 0 Å². The maximum absolute atomic E-state index is 6.16. The van der Waals surface area contributed by atoms with Crippen LogP contribution in [0.5, 0.6) is 0 Å². The lowest BCUT2D eigenvalue weighted by atomic mass is 9.81. The Morgan fingerprint density at radius 2 is 1.83 bits per heavy atom. The van der Waals surface area contributed by atoms with Crippen molar-refractivity contribution in [2.45, 2.75) is 47.5 Å². The summed E-state index contributed by atoms with van der Waals surface area (Å²) in [6.45, 7) is 14.1. The van der Waals surface area contributed by atoms with Crippen LogP contribution in [0.25, 0.3) is 0 Å². The quantitative estimate of drug-likeness (QED) is 0.846. The molecule has 0 aromatic carbocycles. The number of nitrogen functional groups attached to an aromatic ring is 1. The number of rotatable bonds is 5. The summed E-state index contributed by atoms with van der Waals surface area (Å²) in [5, 5.41) is 7.94. The number of hydrogen-bond donors (Lipinski definition) is 2. The average molecular weight is 252 g/mol. The molecular formula is C14H28N4. The van der Waals surface area contributed by atoms with Crippen molar-refractivity contribution in [3.05, 3.63) is 5.69 Å². The molecule has 1 aromatic rings. The molecule has 1 aromatic heterocycles. The van der Waals surface area contributed by atoms with Gasteiger partial charge in [0.2, 0.25) is 0 Å². The van der Waals surface area contributed by atoms with Crippen LogP contribution in [0.4, 0.5) is 11.5 Å². The predicted octanol–water partition coefficient (Wildman–Crippen LogP) is 3.22. The molecule has 0 spiro atoms. The lowest BCUT2D eigenvalue weighted by Gasteiger charge is -2.29. The molecule has 18 heavy (non-hydrogen) atoms. The lowest BCUT2D eigenvalue weighted by molar-refractivity contribution is 0.269. The Morgan fingerprint density at radius 1 is 1.28 bits per heavy atom. The van der Waals surface area contributed by atoms with Crippen molar-refractivity contribution in [1.29, 1.82) is 0 Å². The third-order valence-electron chi connectivity index (χ3n) is 3.93. The zero-order valence-corrected chi connectivity index (χ0v) is 12.8. The number of nitrogens with zero attached hydrogens (tertiary/aromatic N) is 2. The fourth-order valence-corrected chi connectivity index (χ4v) is 1.71. The maximum atomic E-state index is 6.16. The van der Waals surface area contributed by atoms with Gasteiger partial charge in [-0.15, -0.1) is 0 Å². The highest BCUT2D eigenvalue weighted by molar-refractivity contribution is 5.65. The lowest BCUT2D eigenvalue weighted by Crippen LogP contribution is -2.29. The molecule has 0 fully saturated rings. The first kappa shape index (κ1) is 14.9. The minimum Gasteiger partial charge on any atom is -0.394 e. The molecule has 0 saturated heterocycles. The van der Waals surface area contributed by atoms with E-state index in [1.165, 1.54) is 0 Å². The van der Waals surface area contributed by atoms with Crippen molar-refractivity contribution in [3.63, 3.8) is 0 Å². The summed E-state index contributed by atoms with van der Waals surface area (Å²) < 4.78 is 1.85. The van der Waals surface area contributed by atoms with Crippen LogP contribution in [0.2, 0.25) is 0 Å². The van der Waals surface area contributed by atoms with Crippen LogP contribution in [-0.2, 0) is 7.05 Å². The van der Waals surface area contributed by atoms with Gasteiger partial charge in [-0.25, -0.2) is 0 Å². The largest absolute Gasteiger partial charge is 0.394 e. The topological polar surface area (TPSA) is 55.9 Å². The average Bonchev–Trinajstić information content (AvgIpc) is 2.52. The predicted molar refractivity (Wildman–Crippen MR) is 78.8 cm³/mol. The first-order valence-electron chi connectivity index (χ1n) is 6.73. The van der Waals surface area contributed by atoms with Crippen LogP contribution in [0.1, 0.15) is 53.2 Å². The van der Waals surface area contributed by atoms with Crippen LogP contribution in [0, 0.1) is 11.3 Å². The summed E-state index contributed by atoms with van der Waals surface area (Å²) in [4.78, 5) is 0. The molecule has 0 saturated carbocycles. The van der Waals surface area contributed by atoms with E-state index in [4.69, 9.17) is 5.73 Å². The van der Waals surface area contributed by atoms with Gasteiger partial charge < -0.3 is 11.1 Å². The van der Waals surface area contributed by atoms with Crippen molar-refractivity contribution in [1.82, 2.24) is 9.78 Å². The molecule has 4 nitrogen and oxygen atoms in total. The monoisotopic (exact) mass is 252 g/mol. The standard InChI is InChI=1S/C14H28N4/c1-9(2)12-11(15)13(18(7)17-12)16-8-14(5,6)10(3)4/h9-10,16H,8,15H2,1-7H3. The van der Waals surface area contributed by atoms with Crippen LogP contribution in [0.15, 0.2) is 0 Å². The zero-order chi connectivity index (χ0) is 14.1. The molecular weight excluding hydrogens is 224 g/mol. The van der Waals surface area contributed by atoms with Crippen molar-refractivity contribution in [2.24, 2.45) is 18.4 Å². The molecule has 0 aliphatic heterocycles. The molecule has 4 heteroatoms. The molecule has 0 amide bonds. The molecule has 1 rings (SSSR count). The molecule has 3 N–H and O–H groups in total. The van der Waals surface area contributed by atoms with Gasteiger partial charge in [0.25, 0.3) is 0 Å². The van der Waals surface area contributed by atoms with Gasteiger partial charge in [0, 0.05) is 13.6 Å². The van der Waals surface area contributed by atoms with Gasteiger partial charge in [-0.1, -0.05) is 41.5 Å². The molecule has 0 bridgehead atoms. The molecule has 0 aliphatic carbocycles. The van der Waals surface area contributed by atoms with Crippen molar-refractivity contribution >= 4 is 11.5 Å². The van der Waals surface area contributed by atoms with E-state index in [0.717, 1.165) is 23.7 Å². The van der Waals surface area contributed by atoms with E-state index < -0.39 is 0 Å². The van der Waals surface area contributed by atoms with E-state index in [0.29, 0.717) is 11.8 Å². The summed E-state index contributed by atoms with van der Waals surface area (Å²) >= 11 is 0. The number of nitrogens with two attached hydrogens (primary N) is 1. The highest BCUT2D eigenvalue weighted by Gasteiger charge is 2.24. The van der Waals surface area contributed by atoms with Crippen LogP contribution in [0.3, 0.4) is 0 Å². The Labute approximate surface area is 111 Å². The summed E-state index contributed by atoms with van der Waals surface area (Å²) in [7, 11) is 1.94. The summed E-state index contributed by atoms with van der Waals surface area (Å²) in [5.74, 6) is 1.90. The van der Waals surface area contributed by atoms with Crippen LogP contribution >= 0.6 is 0 Å². The fourth-order valence-electron chi connectivity index (χ4n) is 1.71. The number of aryl methyl sites for hydroxylation is 1. The van der Waals surface area contributed by atoms with Gasteiger partial charge in [0.15, 0.2) is 0 Å². The molecule has 0 atom stereocenters. The second-order valence-electron chi connectivity index (χ2n) is 6.42. The van der Waals surface area contributed by atoms with Gasteiger partial charge in [-0.3, -0.25) is 4.68 Å². The van der Waals surface area contributed by atoms with Gasteiger partial charge in [-0.2, -0.15) is 5.10 Å². The van der Waals surface area contributed by atoms with E-state index in [-0.39, 0.29) is 5.41 Å². The van der Waals surface area contributed by atoms with Crippen molar-refractivity contribution in [2.75, 3.05) is 17.6 Å². The molecule has 104 valence electrons. The van der Waals surface area contributed by atoms with Gasteiger partial charge >= 0.3 is 0 Å². The Bertz CT molecular complexity index is 402. The summed E-state index contributed by atoms with van der Waals surface area (Å²) in [6.07, 6.45) is 0. The fraction of sp³-hybridized carbons (Fsp3) is 0.786. The smallest absolute Gasteiger partial charge is 0.147 e. The maximum Gasteiger partial charge on any atom is 0.147 e. The zero-order valence-electron chi connectivity index (χ0n) is 12.8. The summed E-state index contributed by atoms with van der Waals surface area (Å²) in [5.41, 5.74) is 8.15. The molecule has 1 heterocycles. The van der Waals surface area contributed by atoms with Crippen molar-refractivity contribution in [3.8, 4) is 0 Å². The molecule has 0 unspecified atom stereocenters. The van der Waals surface area contributed by atoms with Gasteiger partial charge in [0.05, 0.1) is 11.4 Å². The first-order chi connectivity index (χ1) is 8.16. The van der Waals surface area contributed by atoms with Gasteiger partial charge in [-0.05, 0) is 17.3 Å². The Morgan fingerprint density at radius 3 is 2.22 bits per heavy atom. The highest BCUT2D eigenvalue weighted by Crippen LogP contribution is 2.30. The van der Waals surface area contributed by atoms with E-state index in [2.05, 4.69) is 52.0 Å². The number of aromatic nitrogens is 2. The van der Waals surface area contributed by atoms with E-state index in [1.54, 1.807) is 0 Å². The molecule has 0 aliphatic rings. The first-order valence-corrected chi connectivity index (χ1v) is 6.73. The van der Waals surface area contributed by atoms with E-state index >= 15 is 0 Å². The number of nitrogens with one attached hydrogen (secondary N) is 1. The van der Waals surface area contributed by atoms with Crippen LogP contribution in [-0.4, -0.2) is 16.3 Å². The molecule has 0 radical (unpaired) electrons. The number of hydrogen-bond acceptors (Lipinski definition) is 3. The van der Waals surface area contributed by atoms with Gasteiger partial charge in [0.1, 0.15) is 5.82 Å². The SMILES string of the molecule is CC(C)c1nn(C)c(NCC(C)(C)C(C)C)c1N. The minimum absolute atomic E-state index is 0.231. The normalized spacial score (nSPS) is 12.5. The summed E-state index contributed by atoms with van der Waals surface area (Å²) in [6, 6.07) is 0. The van der Waals surface area contributed by atoms with Crippen LogP contribution < -0.4 is 11.1 Å². The Hall–Kier alpha value is -1.19. The second-order valence-corrected chi connectivity index (χ2v) is 6.42. The second kappa shape index (κ2) is 5.21. The Balaban J connectivity index is 2.86. The Kier molecular flexibility index (Phi) is 4.30. The van der Waals surface area contributed by atoms with E-state index in [9.17, 15) is 0 Å².